The molecule has 1 aromatic rings. The topological polar surface area (TPSA) is 15.3 Å². The first-order valence-electron chi connectivity index (χ1n) is 5.64. The molecule has 82 valence electrons. The van der Waals surface area contributed by atoms with E-state index < -0.39 is 0 Å². The summed E-state index contributed by atoms with van der Waals surface area (Å²) in [6.07, 6.45) is 1.19. The van der Waals surface area contributed by atoms with Gasteiger partial charge in [0.15, 0.2) is 0 Å². The number of benzene rings is 1. The van der Waals surface area contributed by atoms with E-state index in [1.165, 1.54) is 17.7 Å². The highest BCUT2D eigenvalue weighted by Gasteiger charge is 2.24. The minimum atomic E-state index is 0.178. The van der Waals surface area contributed by atoms with Gasteiger partial charge in [0.2, 0.25) is 0 Å². The van der Waals surface area contributed by atoms with Crippen molar-refractivity contribution in [1.82, 2.24) is 5.32 Å². The van der Waals surface area contributed by atoms with Crippen molar-refractivity contribution in [3.63, 3.8) is 0 Å². The van der Waals surface area contributed by atoms with Crippen LogP contribution in [0.25, 0.3) is 0 Å². The first-order chi connectivity index (χ1) is 7.12. The molecule has 0 unspecified atom stereocenters. The van der Waals surface area contributed by atoms with E-state index in [9.17, 15) is 0 Å². The summed E-state index contributed by atoms with van der Waals surface area (Å²) in [5.41, 5.74) is 3.09. The van der Waals surface area contributed by atoms with Crippen LogP contribution in [-0.4, -0.2) is 25.7 Å². The van der Waals surface area contributed by atoms with Crippen molar-refractivity contribution >= 4 is 5.69 Å². The number of hydrogen-bond donors (Lipinski definition) is 1. The summed E-state index contributed by atoms with van der Waals surface area (Å²) in [6, 6.07) is 8.73. The summed E-state index contributed by atoms with van der Waals surface area (Å²) < 4.78 is 0. The summed E-state index contributed by atoms with van der Waals surface area (Å²) in [7, 11) is 2.03. The third kappa shape index (κ3) is 2.15. The summed E-state index contributed by atoms with van der Waals surface area (Å²) in [6.45, 7) is 6.72. The van der Waals surface area contributed by atoms with E-state index >= 15 is 0 Å². The molecule has 1 N–H and O–H groups in total. The van der Waals surface area contributed by atoms with Gasteiger partial charge in [-0.15, -0.1) is 0 Å². The van der Waals surface area contributed by atoms with E-state index in [1.54, 1.807) is 0 Å². The lowest BCUT2D eigenvalue weighted by Gasteiger charge is -2.31. The van der Waals surface area contributed by atoms with Gasteiger partial charge in [-0.2, -0.15) is 0 Å². The Bertz CT molecular complexity index is 344. The largest absolute Gasteiger partial charge is 0.369 e. The van der Waals surface area contributed by atoms with Gasteiger partial charge in [0, 0.05) is 24.3 Å². The number of hydrogen-bond acceptors (Lipinski definition) is 2. The molecule has 0 radical (unpaired) electrons. The Morgan fingerprint density at radius 3 is 2.80 bits per heavy atom. The lowest BCUT2D eigenvalue weighted by molar-refractivity contribution is 0.423. The molecule has 2 heteroatoms. The van der Waals surface area contributed by atoms with Crippen LogP contribution < -0.4 is 10.2 Å². The van der Waals surface area contributed by atoms with E-state index in [-0.39, 0.29) is 5.54 Å². The zero-order valence-electron chi connectivity index (χ0n) is 9.88. The normalized spacial score (nSPS) is 15.5. The van der Waals surface area contributed by atoms with Crippen LogP contribution in [0.5, 0.6) is 0 Å². The average Bonchev–Trinajstić information content (AvgIpc) is 2.62. The van der Waals surface area contributed by atoms with Gasteiger partial charge in [-0.25, -0.2) is 0 Å². The van der Waals surface area contributed by atoms with Crippen molar-refractivity contribution in [2.75, 3.05) is 25.0 Å². The molecular formula is C13H20N2. The summed E-state index contributed by atoms with van der Waals surface area (Å²) >= 11 is 0. The monoisotopic (exact) mass is 204 g/mol. The minimum absolute atomic E-state index is 0.178. The summed E-state index contributed by atoms with van der Waals surface area (Å²) in [5.74, 6) is 0. The number of fused-ring (bicyclic) bond motifs is 1. The van der Waals surface area contributed by atoms with Gasteiger partial charge in [0.1, 0.15) is 0 Å². The van der Waals surface area contributed by atoms with Crippen LogP contribution >= 0.6 is 0 Å². The van der Waals surface area contributed by atoms with Gasteiger partial charge in [-0.3, -0.25) is 0 Å². The predicted octanol–water partition coefficient (Wildman–Crippen LogP) is 2.05. The van der Waals surface area contributed by atoms with E-state index in [4.69, 9.17) is 0 Å². The van der Waals surface area contributed by atoms with Crippen LogP contribution in [0.3, 0.4) is 0 Å². The maximum Gasteiger partial charge on any atom is 0.0400 e. The molecule has 0 saturated heterocycles. The van der Waals surface area contributed by atoms with Crippen molar-refractivity contribution in [3.05, 3.63) is 29.8 Å². The Morgan fingerprint density at radius 1 is 1.33 bits per heavy atom. The number of nitrogens with one attached hydrogen (secondary N) is 1. The number of anilines is 1. The fourth-order valence-corrected chi connectivity index (χ4v) is 2.13. The Balaban J connectivity index is 2.14. The van der Waals surface area contributed by atoms with Crippen molar-refractivity contribution in [2.24, 2.45) is 0 Å². The molecule has 0 bridgehead atoms. The van der Waals surface area contributed by atoms with Crippen LogP contribution in [0.4, 0.5) is 5.69 Å². The summed E-state index contributed by atoms with van der Waals surface area (Å²) in [4.78, 5) is 2.48. The van der Waals surface area contributed by atoms with Crippen LogP contribution in [0.2, 0.25) is 0 Å². The second kappa shape index (κ2) is 3.86. The van der Waals surface area contributed by atoms with Crippen LogP contribution in [0, 0.1) is 0 Å². The SMILES string of the molecule is CNC(C)(C)CN1CCc2ccccc21. The fraction of sp³-hybridized carbons (Fsp3) is 0.538. The lowest BCUT2D eigenvalue weighted by Crippen LogP contribution is -2.47. The highest BCUT2D eigenvalue weighted by atomic mass is 15.2. The minimum Gasteiger partial charge on any atom is -0.369 e. The molecule has 1 aliphatic heterocycles. The van der Waals surface area contributed by atoms with Gasteiger partial charge in [-0.05, 0) is 38.9 Å². The van der Waals surface area contributed by atoms with E-state index in [0.717, 1.165) is 13.1 Å². The number of nitrogens with zero attached hydrogens (tertiary/aromatic N) is 1. The van der Waals surface area contributed by atoms with Crippen LogP contribution in [0.1, 0.15) is 19.4 Å². The Kier molecular flexibility index (Phi) is 2.70. The zero-order chi connectivity index (χ0) is 10.9. The molecule has 0 fully saturated rings. The Labute approximate surface area is 92.3 Å². The van der Waals surface area contributed by atoms with Gasteiger partial charge in [0.25, 0.3) is 0 Å². The second-order valence-corrected chi connectivity index (χ2v) is 4.93. The molecule has 0 atom stereocenters. The van der Waals surface area contributed by atoms with Crippen LogP contribution in [-0.2, 0) is 6.42 Å². The molecule has 2 nitrogen and oxygen atoms in total. The fourth-order valence-electron chi connectivity index (χ4n) is 2.13. The van der Waals surface area contributed by atoms with E-state index in [1.807, 2.05) is 7.05 Å². The Morgan fingerprint density at radius 2 is 2.07 bits per heavy atom. The van der Waals surface area contributed by atoms with Gasteiger partial charge in [0.05, 0.1) is 0 Å². The standard InChI is InChI=1S/C13H20N2/c1-13(2,14-3)10-15-9-8-11-6-4-5-7-12(11)15/h4-7,14H,8-10H2,1-3H3. The molecule has 1 aliphatic rings. The number of para-hydroxylation sites is 1. The van der Waals surface area contributed by atoms with E-state index in [2.05, 4.69) is 48.3 Å². The van der Waals surface area contributed by atoms with Gasteiger partial charge >= 0.3 is 0 Å². The van der Waals surface area contributed by atoms with Crippen molar-refractivity contribution in [2.45, 2.75) is 25.8 Å². The van der Waals surface area contributed by atoms with Gasteiger partial charge < -0.3 is 10.2 Å². The highest BCUT2D eigenvalue weighted by Crippen LogP contribution is 2.28. The quantitative estimate of drug-likeness (QED) is 0.810. The average molecular weight is 204 g/mol. The second-order valence-electron chi connectivity index (χ2n) is 4.93. The first kappa shape index (κ1) is 10.5. The van der Waals surface area contributed by atoms with E-state index in [0.29, 0.717) is 0 Å². The lowest BCUT2D eigenvalue weighted by atomic mass is 10.1. The molecule has 2 rings (SSSR count). The number of likely N-dealkylation sites (N-methyl/N-ethyl adjacent to an activating group) is 1. The molecule has 0 saturated carbocycles. The molecule has 0 aromatic heterocycles. The van der Waals surface area contributed by atoms with Crippen molar-refractivity contribution in [3.8, 4) is 0 Å². The molecule has 0 spiro atoms. The van der Waals surface area contributed by atoms with Crippen LogP contribution in [0.15, 0.2) is 24.3 Å². The molecule has 1 aromatic carbocycles. The first-order valence-corrected chi connectivity index (χ1v) is 5.64. The maximum atomic E-state index is 3.36. The maximum absolute atomic E-state index is 3.36. The third-order valence-corrected chi connectivity index (χ3v) is 3.25. The molecular weight excluding hydrogens is 184 g/mol. The number of rotatable bonds is 3. The molecule has 1 heterocycles. The summed E-state index contributed by atoms with van der Waals surface area (Å²) in [5, 5.41) is 3.36. The predicted molar refractivity (Wildman–Crippen MR) is 65.5 cm³/mol. The smallest absolute Gasteiger partial charge is 0.0400 e. The van der Waals surface area contributed by atoms with Gasteiger partial charge in [-0.1, -0.05) is 18.2 Å². The molecule has 0 aliphatic carbocycles. The molecule has 0 amide bonds. The third-order valence-electron chi connectivity index (χ3n) is 3.25. The molecule has 15 heavy (non-hydrogen) atoms. The van der Waals surface area contributed by atoms with Crippen molar-refractivity contribution < 1.29 is 0 Å². The highest BCUT2D eigenvalue weighted by molar-refractivity contribution is 5.58. The zero-order valence-corrected chi connectivity index (χ0v) is 9.88. The Hall–Kier alpha value is -1.02. The van der Waals surface area contributed by atoms with Crippen molar-refractivity contribution in [1.29, 1.82) is 0 Å².